The maximum atomic E-state index is 12.5. The molecule has 0 aliphatic heterocycles. The number of hydrogen-bond acceptors (Lipinski definition) is 5. The van der Waals surface area contributed by atoms with E-state index in [0.717, 1.165) is 32.1 Å². The summed E-state index contributed by atoms with van der Waals surface area (Å²) in [6.45, 7) is 8.76. The number of aliphatic hydroxyl groups is 2. The van der Waals surface area contributed by atoms with Crippen molar-refractivity contribution in [1.82, 2.24) is 0 Å². The minimum absolute atomic E-state index is 0.0190. The molecule has 156 valence electrons. The monoisotopic (exact) mass is 399 g/mol. The van der Waals surface area contributed by atoms with Gasteiger partial charge in [-0.15, -0.1) is 0 Å². The number of fused-ring (bicyclic) bond motifs is 1. The molecule has 0 radical (unpaired) electrons. The van der Waals surface area contributed by atoms with Crippen LogP contribution in [-0.2, 0) is 9.84 Å². The van der Waals surface area contributed by atoms with E-state index in [0.29, 0.717) is 12.8 Å². The Bertz CT molecular complexity index is 692. The molecule has 0 spiro atoms. The minimum Gasteiger partial charge on any atom is -0.396 e. The third-order valence-corrected chi connectivity index (χ3v) is 10.0. The van der Waals surface area contributed by atoms with Crippen molar-refractivity contribution in [2.75, 3.05) is 12.9 Å². The molecule has 0 amide bonds. The van der Waals surface area contributed by atoms with E-state index in [4.69, 9.17) is 5.73 Å². The molecule has 5 nitrogen and oxygen atoms in total. The fraction of sp³-hybridized carbons (Fsp3) is 0.905. The molecule has 0 heterocycles. The summed E-state index contributed by atoms with van der Waals surface area (Å²) in [5, 5.41) is 19.3. The van der Waals surface area contributed by atoms with Crippen molar-refractivity contribution in [2.45, 2.75) is 70.3 Å². The molecular formula is C21H37NO4S. The van der Waals surface area contributed by atoms with Gasteiger partial charge in [0.05, 0.1) is 6.10 Å². The average molecular weight is 400 g/mol. The molecule has 8 atom stereocenters. The predicted molar refractivity (Wildman–Crippen MR) is 108 cm³/mol. The molecule has 0 bridgehead atoms. The molecule has 3 rings (SSSR count). The van der Waals surface area contributed by atoms with E-state index in [1.54, 1.807) is 0 Å². The van der Waals surface area contributed by atoms with E-state index < -0.39 is 15.2 Å². The lowest BCUT2D eigenvalue weighted by Gasteiger charge is -2.57. The van der Waals surface area contributed by atoms with E-state index in [2.05, 4.69) is 20.4 Å². The first-order valence-corrected chi connectivity index (χ1v) is 12.3. The van der Waals surface area contributed by atoms with Crippen LogP contribution >= 0.6 is 0 Å². The molecule has 3 saturated carbocycles. The van der Waals surface area contributed by atoms with E-state index >= 15 is 0 Å². The molecule has 4 N–H and O–H groups in total. The highest BCUT2D eigenvalue weighted by Crippen LogP contribution is 2.64. The van der Waals surface area contributed by atoms with Crippen molar-refractivity contribution in [2.24, 2.45) is 40.2 Å². The summed E-state index contributed by atoms with van der Waals surface area (Å²) in [6.07, 6.45) is 6.77. The van der Waals surface area contributed by atoms with Gasteiger partial charge in [-0.05, 0) is 79.4 Å². The zero-order valence-corrected chi connectivity index (χ0v) is 17.8. The number of allylic oxidation sites excluding steroid dienone is 1. The van der Waals surface area contributed by atoms with Crippen LogP contribution in [0.2, 0.25) is 0 Å². The van der Waals surface area contributed by atoms with Crippen LogP contribution in [-0.4, -0.2) is 43.0 Å². The zero-order chi connectivity index (χ0) is 20.2. The van der Waals surface area contributed by atoms with Gasteiger partial charge in [-0.25, -0.2) is 8.42 Å². The molecule has 3 fully saturated rings. The molecule has 6 heteroatoms. The Morgan fingerprint density at radius 1 is 1.22 bits per heavy atom. The van der Waals surface area contributed by atoms with Gasteiger partial charge in [0.15, 0.2) is 9.84 Å². The number of nitrogens with two attached hydrogens (primary N) is 1. The lowest BCUT2D eigenvalue weighted by Crippen LogP contribution is -2.57. The first-order valence-electron chi connectivity index (χ1n) is 10.4. The SMILES string of the molecule is C=C1CCC2C(C(N)S(C)(=O)=O)C(C3(C)CCC(O)CC3CO)CCC12C. The van der Waals surface area contributed by atoms with E-state index in [9.17, 15) is 18.6 Å². The number of rotatable bonds is 4. The second kappa shape index (κ2) is 7.12. The third kappa shape index (κ3) is 3.41. The lowest BCUT2D eigenvalue weighted by molar-refractivity contribution is -0.0943. The van der Waals surface area contributed by atoms with Crippen molar-refractivity contribution in [3.8, 4) is 0 Å². The smallest absolute Gasteiger partial charge is 0.163 e. The molecule has 0 saturated heterocycles. The topological polar surface area (TPSA) is 101 Å². The van der Waals surface area contributed by atoms with Gasteiger partial charge >= 0.3 is 0 Å². The van der Waals surface area contributed by atoms with Crippen LogP contribution in [0.4, 0.5) is 0 Å². The van der Waals surface area contributed by atoms with Crippen LogP contribution in [0.25, 0.3) is 0 Å². The largest absolute Gasteiger partial charge is 0.396 e. The van der Waals surface area contributed by atoms with Crippen LogP contribution in [0, 0.1) is 34.5 Å². The van der Waals surface area contributed by atoms with E-state index in [1.807, 2.05) is 0 Å². The fourth-order valence-corrected chi connectivity index (χ4v) is 7.74. The van der Waals surface area contributed by atoms with E-state index in [1.165, 1.54) is 11.8 Å². The predicted octanol–water partition coefficient (Wildman–Crippen LogP) is 2.47. The van der Waals surface area contributed by atoms with Gasteiger partial charge in [0, 0.05) is 12.9 Å². The molecule has 0 aromatic rings. The molecule has 3 aliphatic carbocycles. The summed E-state index contributed by atoms with van der Waals surface area (Å²) >= 11 is 0. The highest BCUT2D eigenvalue weighted by Gasteiger charge is 2.59. The Morgan fingerprint density at radius 2 is 1.89 bits per heavy atom. The van der Waals surface area contributed by atoms with Gasteiger partial charge in [0.25, 0.3) is 0 Å². The van der Waals surface area contributed by atoms with Crippen molar-refractivity contribution in [1.29, 1.82) is 0 Å². The Balaban J connectivity index is 2.04. The summed E-state index contributed by atoms with van der Waals surface area (Å²) in [5.74, 6) is 0.203. The molecule has 0 aromatic heterocycles. The Hall–Kier alpha value is -0.430. The first kappa shape index (κ1) is 21.3. The van der Waals surface area contributed by atoms with Crippen LogP contribution < -0.4 is 5.73 Å². The normalized spacial score (nSPS) is 46.9. The quantitative estimate of drug-likeness (QED) is 0.631. The van der Waals surface area contributed by atoms with Gasteiger partial charge in [-0.1, -0.05) is 26.0 Å². The maximum absolute atomic E-state index is 12.5. The second-order valence-corrected chi connectivity index (χ2v) is 12.2. The fourth-order valence-electron chi connectivity index (χ4n) is 6.78. The second-order valence-electron chi connectivity index (χ2n) is 10.00. The summed E-state index contributed by atoms with van der Waals surface area (Å²) < 4.78 is 25.0. The minimum atomic E-state index is -3.38. The highest BCUT2D eigenvalue weighted by molar-refractivity contribution is 7.91. The summed E-state index contributed by atoms with van der Waals surface area (Å²) in [7, 11) is -3.38. The van der Waals surface area contributed by atoms with Crippen LogP contribution in [0.15, 0.2) is 12.2 Å². The molecule has 27 heavy (non-hydrogen) atoms. The first-order chi connectivity index (χ1) is 12.4. The average Bonchev–Trinajstić information content (AvgIpc) is 2.90. The molecule has 3 aliphatic rings. The van der Waals surface area contributed by atoms with Crippen molar-refractivity contribution < 1.29 is 18.6 Å². The van der Waals surface area contributed by atoms with Crippen LogP contribution in [0.5, 0.6) is 0 Å². The van der Waals surface area contributed by atoms with Crippen molar-refractivity contribution >= 4 is 9.84 Å². The molecule has 8 unspecified atom stereocenters. The van der Waals surface area contributed by atoms with Gasteiger partial charge in [0.1, 0.15) is 5.37 Å². The Morgan fingerprint density at radius 3 is 2.48 bits per heavy atom. The molecule has 0 aromatic carbocycles. The standard InChI is InChI=1S/C21H37NO4S/c1-13-5-6-16-18(19(22)27(4,25)26)17(8-10-20(13,16)2)21(3)9-7-15(24)11-14(21)12-23/h14-19,23-24H,1,5-12,22H2,2-4H3. The number of hydrogen-bond donors (Lipinski definition) is 3. The number of aliphatic hydroxyl groups excluding tert-OH is 2. The zero-order valence-electron chi connectivity index (χ0n) is 17.0. The van der Waals surface area contributed by atoms with Gasteiger partial charge in [0.2, 0.25) is 0 Å². The van der Waals surface area contributed by atoms with Crippen molar-refractivity contribution in [3.63, 3.8) is 0 Å². The van der Waals surface area contributed by atoms with Crippen LogP contribution in [0.3, 0.4) is 0 Å². The third-order valence-electron chi connectivity index (χ3n) is 8.73. The van der Waals surface area contributed by atoms with Crippen molar-refractivity contribution in [3.05, 3.63) is 12.2 Å². The van der Waals surface area contributed by atoms with E-state index in [-0.39, 0.29) is 47.2 Å². The van der Waals surface area contributed by atoms with Crippen LogP contribution in [0.1, 0.15) is 58.8 Å². The van der Waals surface area contributed by atoms with Gasteiger partial charge < -0.3 is 15.9 Å². The maximum Gasteiger partial charge on any atom is 0.163 e. The lowest BCUT2D eigenvalue weighted by atomic mass is 9.49. The highest BCUT2D eigenvalue weighted by atomic mass is 32.2. The summed E-state index contributed by atoms with van der Waals surface area (Å²) in [4.78, 5) is 0. The number of sulfone groups is 1. The Kier molecular flexibility index (Phi) is 5.61. The molecular weight excluding hydrogens is 362 g/mol. The Labute approximate surface area is 164 Å². The summed E-state index contributed by atoms with van der Waals surface area (Å²) in [5.41, 5.74) is 7.42. The summed E-state index contributed by atoms with van der Waals surface area (Å²) in [6, 6.07) is 0. The van der Waals surface area contributed by atoms with Gasteiger partial charge in [-0.2, -0.15) is 0 Å². The van der Waals surface area contributed by atoms with Gasteiger partial charge in [-0.3, -0.25) is 0 Å².